The van der Waals surface area contributed by atoms with Crippen molar-refractivity contribution in [3.05, 3.63) is 59.7 Å². The number of carbonyl (C=O) groups is 1. The molecular formula is C26H30FN5O2. The number of hydrogen-bond donors (Lipinski definition) is 1. The van der Waals surface area contributed by atoms with Crippen molar-refractivity contribution in [3.8, 4) is 11.4 Å². The Balaban J connectivity index is 1.18. The molecule has 2 aromatic carbocycles. The predicted octanol–water partition coefficient (Wildman–Crippen LogP) is 4.60. The number of piperidine rings is 1. The fraction of sp³-hybridized carbons (Fsp3) is 0.423. The van der Waals surface area contributed by atoms with Crippen molar-refractivity contribution in [2.75, 3.05) is 42.9 Å². The number of nitrogens with zero attached hydrogens (tertiary/aromatic N) is 4. The first-order valence-electron chi connectivity index (χ1n) is 12.0. The number of likely N-dealkylation sites (tertiary alicyclic amines) is 1. The zero-order valence-electron chi connectivity index (χ0n) is 19.5. The Morgan fingerprint density at radius 1 is 1.15 bits per heavy atom. The van der Waals surface area contributed by atoms with Crippen LogP contribution in [0.25, 0.3) is 11.4 Å². The van der Waals surface area contributed by atoms with Gasteiger partial charge in [-0.05, 0) is 75.0 Å². The Bertz CT molecular complexity index is 1160. The zero-order valence-corrected chi connectivity index (χ0v) is 19.5. The van der Waals surface area contributed by atoms with Gasteiger partial charge in [-0.1, -0.05) is 17.3 Å². The van der Waals surface area contributed by atoms with Crippen molar-refractivity contribution >= 4 is 17.3 Å². The van der Waals surface area contributed by atoms with E-state index < -0.39 is 0 Å². The van der Waals surface area contributed by atoms with Crippen LogP contribution < -0.4 is 10.2 Å². The molecule has 0 bridgehead atoms. The van der Waals surface area contributed by atoms with Crippen LogP contribution in [0.15, 0.2) is 47.0 Å². The minimum atomic E-state index is -0.334. The van der Waals surface area contributed by atoms with E-state index in [4.69, 9.17) is 4.52 Å². The van der Waals surface area contributed by atoms with Gasteiger partial charge in [-0.15, -0.1) is 0 Å². The first-order chi connectivity index (χ1) is 16.5. The molecule has 1 amide bonds. The summed E-state index contributed by atoms with van der Waals surface area (Å²) in [4.78, 5) is 21.8. The highest BCUT2D eigenvalue weighted by Crippen LogP contribution is 2.28. The number of halogens is 1. The van der Waals surface area contributed by atoms with E-state index in [9.17, 15) is 9.18 Å². The van der Waals surface area contributed by atoms with Gasteiger partial charge in [0.05, 0.1) is 12.5 Å². The highest BCUT2D eigenvalue weighted by Gasteiger charge is 2.27. The van der Waals surface area contributed by atoms with Crippen LogP contribution in [0, 0.1) is 12.7 Å². The molecule has 8 heteroatoms. The standard InChI is InChI=1S/C26H30FN5O2/c1-18-14-22(32-12-2-3-13-32)9-10-23(18)28-24(33)17-31-11-5-7-20(16-31)26-29-25(30-34-26)19-6-4-8-21(27)15-19/h4,6,8-10,14-15,20H,2-3,5,7,11-13,16-17H2,1H3,(H,28,33). The number of aryl methyl sites for hydroxylation is 1. The van der Waals surface area contributed by atoms with Gasteiger partial charge in [0.1, 0.15) is 5.82 Å². The fourth-order valence-electron chi connectivity index (χ4n) is 4.90. The third-order valence-corrected chi connectivity index (χ3v) is 6.70. The van der Waals surface area contributed by atoms with Gasteiger partial charge in [0, 0.05) is 36.6 Å². The van der Waals surface area contributed by atoms with E-state index in [1.165, 1.54) is 30.7 Å². The third kappa shape index (κ3) is 5.12. The molecule has 34 heavy (non-hydrogen) atoms. The number of aromatic nitrogens is 2. The van der Waals surface area contributed by atoms with Gasteiger partial charge in [-0.3, -0.25) is 9.69 Å². The zero-order chi connectivity index (χ0) is 23.5. The summed E-state index contributed by atoms with van der Waals surface area (Å²) in [6.07, 6.45) is 4.34. The van der Waals surface area contributed by atoms with E-state index in [1.54, 1.807) is 12.1 Å². The largest absolute Gasteiger partial charge is 0.372 e. The van der Waals surface area contributed by atoms with Crippen molar-refractivity contribution in [2.45, 2.75) is 38.5 Å². The number of benzene rings is 2. The van der Waals surface area contributed by atoms with Crippen LogP contribution in [0.1, 0.15) is 43.1 Å². The molecule has 2 fully saturated rings. The highest BCUT2D eigenvalue weighted by molar-refractivity contribution is 5.93. The first-order valence-corrected chi connectivity index (χ1v) is 12.0. The van der Waals surface area contributed by atoms with Gasteiger partial charge in [-0.2, -0.15) is 4.98 Å². The maximum atomic E-state index is 13.5. The number of nitrogens with one attached hydrogen (secondary N) is 1. The normalized spacial score (nSPS) is 18.9. The maximum absolute atomic E-state index is 13.5. The second-order valence-corrected chi connectivity index (χ2v) is 9.28. The summed E-state index contributed by atoms with van der Waals surface area (Å²) >= 11 is 0. The number of amides is 1. The van der Waals surface area contributed by atoms with E-state index in [-0.39, 0.29) is 17.6 Å². The molecule has 0 aliphatic carbocycles. The lowest BCUT2D eigenvalue weighted by atomic mass is 9.98. The molecule has 1 aromatic heterocycles. The fourth-order valence-corrected chi connectivity index (χ4v) is 4.90. The van der Waals surface area contributed by atoms with Crippen molar-refractivity contribution < 1.29 is 13.7 Å². The first kappa shape index (κ1) is 22.5. The lowest BCUT2D eigenvalue weighted by molar-refractivity contribution is -0.117. The van der Waals surface area contributed by atoms with Gasteiger partial charge in [0.2, 0.25) is 17.6 Å². The second kappa shape index (κ2) is 9.93. The molecule has 0 spiro atoms. The van der Waals surface area contributed by atoms with Gasteiger partial charge in [-0.25, -0.2) is 4.39 Å². The van der Waals surface area contributed by atoms with Gasteiger partial charge < -0.3 is 14.7 Å². The summed E-state index contributed by atoms with van der Waals surface area (Å²) in [5.74, 6) is 0.621. The molecule has 0 saturated carbocycles. The molecule has 178 valence electrons. The average Bonchev–Trinajstić information content (AvgIpc) is 3.53. The number of anilines is 2. The van der Waals surface area contributed by atoms with Crippen LogP contribution in [-0.4, -0.2) is 53.7 Å². The quantitative estimate of drug-likeness (QED) is 0.576. The van der Waals surface area contributed by atoms with Gasteiger partial charge in [0.25, 0.3) is 0 Å². The molecule has 1 N–H and O–H groups in total. The van der Waals surface area contributed by atoms with E-state index in [2.05, 4.69) is 37.4 Å². The molecule has 7 nitrogen and oxygen atoms in total. The van der Waals surface area contributed by atoms with Crippen LogP contribution in [0.5, 0.6) is 0 Å². The lowest BCUT2D eigenvalue weighted by Gasteiger charge is -2.30. The summed E-state index contributed by atoms with van der Waals surface area (Å²) < 4.78 is 19.0. The van der Waals surface area contributed by atoms with Gasteiger partial charge in [0.15, 0.2) is 0 Å². The van der Waals surface area contributed by atoms with Gasteiger partial charge >= 0.3 is 0 Å². The number of hydrogen-bond acceptors (Lipinski definition) is 6. The Morgan fingerprint density at radius 3 is 2.79 bits per heavy atom. The topological polar surface area (TPSA) is 74.5 Å². The summed E-state index contributed by atoms with van der Waals surface area (Å²) in [6.45, 7) is 6.08. The van der Waals surface area contributed by atoms with Crippen molar-refractivity contribution in [2.24, 2.45) is 0 Å². The van der Waals surface area contributed by atoms with Crippen molar-refractivity contribution in [1.82, 2.24) is 15.0 Å². The maximum Gasteiger partial charge on any atom is 0.238 e. The molecule has 1 atom stereocenters. The predicted molar refractivity (Wildman–Crippen MR) is 129 cm³/mol. The minimum Gasteiger partial charge on any atom is -0.372 e. The van der Waals surface area contributed by atoms with Crippen LogP contribution in [0.4, 0.5) is 15.8 Å². The number of carbonyl (C=O) groups excluding carboxylic acids is 1. The highest BCUT2D eigenvalue weighted by atomic mass is 19.1. The molecule has 3 aromatic rings. The minimum absolute atomic E-state index is 0.0244. The van der Waals surface area contributed by atoms with Crippen LogP contribution in [-0.2, 0) is 4.79 Å². The monoisotopic (exact) mass is 463 g/mol. The molecule has 0 radical (unpaired) electrons. The molecule has 1 unspecified atom stereocenters. The molecule has 2 saturated heterocycles. The van der Waals surface area contributed by atoms with Crippen LogP contribution in [0.2, 0.25) is 0 Å². The molecule has 3 heterocycles. The molecular weight excluding hydrogens is 433 g/mol. The van der Waals surface area contributed by atoms with E-state index in [1.807, 2.05) is 13.0 Å². The Labute approximate surface area is 198 Å². The summed E-state index contributed by atoms with van der Waals surface area (Å²) in [5, 5.41) is 7.11. The average molecular weight is 464 g/mol. The Kier molecular flexibility index (Phi) is 6.58. The van der Waals surface area contributed by atoms with E-state index >= 15 is 0 Å². The Morgan fingerprint density at radius 2 is 2.00 bits per heavy atom. The third-order valence-electron chi connectivity index (χ3n) is 6.70. The summed E-state index contributed by atoms with van der Waals surface area (Å²) in [7, 11) is 0. The SMILES string of the molecule is Cc1cc(N2CCCC2)ccc1NC(=O)CN1CCCC(c2nc(-c3cccc(F)c3)no2)C1. The van der Waals surface area contributed by atoms with Crippen molar-refractivity contribution in [3.63, 3.8) is 0 Å². The second-order valence-electron chi connectivity index (χ2n) is 9.28. The molecule has 5 rings (SSSR count). The Hall–Kier alpha value is -3.26. The molecule has 2 aliphatic rings. The molecule has 2 aliphatic heterocycles. The van der Waals surface area contributed by atoms with E-state index in [0.717, 1.165) is 43.7 Å². The lowest BCUT2D eigenvalue weighted by Crippen LogP contribution is -2.39. The smallest absolute Gasteiger partial charge is 0.238 e. The van der Waals surface area contributed by atoms with Crippen molar-refractivity contribution in [1.29, 1.82) is 0 Å². The number of rotatable bonds is 6. The summed E-state index contributed by atoms with van der Waals surface area (Å²) in [6, 6.07) is 12.4. The van der Waals surface area contributed by atoms with E-state index in [0.29, 0.717) is 30.4 Å². The van der Waals surface area contributed by atoms with Crippen LogP contribution >= 0.6 is 0 Å². The van der Waals surface area contributed by atoms with Crippen LogP contribution in [0.3, 0.4) is 0 Å². The summed E-state index contributed by atoms with van der Waals surface area (Å²) in [5.41, 5.74) is 3.75.